The van der Waals surface area contributed by atoms with Crippen molar-refractivity contribution in [1.29, 1.82) is 5.26 Å². The van der Waals surface area contributed by atoms with Crippen LogP contribution in [0.4, 0.5) is 10.2 Å². The Kier molecular flexibility index (Phi) is 5.49. The van der Waals surface area contributed by atoms with Crippen LogP contribution in [-0.2, 0) is 4.79 Å². The van der Waals surface area contributed by atoms with Gasteiger partial charge in [0.05, 0.1) is 11.7 Å². The summed E-state index contributed by atoms with van der Waals surface area (Å²) in [6, 6.07) is 18.3. The highest BCUT2D eigenvalue weighted by molar-refractivity contribution is 6.00. The van der Waals surface area contributed by atoms with Gasteiger partial charge in [-0.2, -0.15) is 15.0 Å². The summed E-state index contributed by atoms with van der Waals surface area (Å²) < 4.78 is 14.4. The summed E-state index contributed by atoms with van der Waals surface area (Å²) in [6.07, 6.45) is 1.19. The fourth-order valence-electron chi connectivity index (χ4n) is 3.10. The van der Waals surface area contributed by atoms with E-state index in [4.69, 9.17) is 0 Å². The van der Waals surface area contributed by atoms with Crippen molar-refractivity contribution < 1.29 is 14.0 Å². The van der Waals surface area contributed by atoms with Crippen molar-refractivity contribution in [3.63, 3.8) is 0 Å². The zero-order valence-corrected chi connectivity index (χ0v) is 16.2. The summed E-state index contributed by atoms with van der Waals surface area (Å²) in [5.74, 6) is -0.536. The molecule has 8 heteroatoms. The third kappa shape index (κ3) is 4.31. The summed E-state index contributed by atoms with van der Waals surface area (Å²) in [5, 5.41) is 17.2. The summed E-state index contributed by atoms with van der Waals surface area (Å²) >= 11 is 0. The van der Waals surface area contributed by atoms with Gasteiger partial charge in [0, 0.05) is 23.8 Å². The van der Waals surface area contributed by atoms with Crippen molar-refractivity contribution in [1.82, 2.24) is 14.8 Å². The Balaban J connectivity index is 1.52. The van der Waals surface area contributed by atoms with Gasteiger partial charge in [0.25, 0.3) is 0 Å². The Morgan fingerprint density at radius 2 is 1.81 bits per heavy atom. The third-order valence-corrected chi connectivity index (χ3v) is 4.69. The minimum atomic E-state index is -0.450. The van der Waals surface area contributed by atoms with Gasteiger partial charge in [-0.25, -0.2) is 9.37 Å². The topological polar surface area (TPSA) is 101 Å². The molecule has 4 rings (SSSR count). The number of carbonyl (C=O) groups excluding carboxylic acids is 2. The largest absolute Gasteiger partial charge is 0.309 e. The number of nitrogens with zero attached hydrogens (tertiary/aromatic N) is 4. The Morgan fingerprint density at radius 3 is 2.58 bits per heavy atom. The van der Waals surface area contributed by atoms with Gasteiger partial charge >= 0.3 is 0 Å². The van der Waals surface area contributed by atoms with E-state index in [0.717, 1.165) is 10.9 Å². The van der Waals surface area contributed by atoms with E-state index in [1.165, 1.54) is 35.1 Å². The average Bonchev–Trinajstić information content (AvgIpc) is 3.20. The van der Waals surface area contributed by atoms with Crippen LogP contribution in [0.1, 0.15) is 28.8 Å². The normalized spacial score (nSPS) is 10.6. The minimum Gasteiger partial charge on any atom is -0.309 e. The standard InChI is InChI=1S/C23H16FN5O2/c24-18-8-5-16(6-9-18)20(30)10-12-22(31)28-23-17(13-25)14-26-29(23)21-11-7-15-3-1-2-4-19(15)27-21/h1-9,11,14H,10,12H2,(H,28,31). The summed E-state index contributed by atoms with van der Waals surface area (Å²) in [7, 11) is 0. The molecule has 2 aromatic carbocycles. The average molecular weight is 413 g/mol. The number of carbonyl (C=O) groups is 2. The van der Waals surface area contributed by atoms with Crippen molar-refractivity contribution in [3.8, 4) is 11.9 Å². The molecule has 0 atom stereocenters. The Labute approximate surface area is 176 Å². The van der Waals surface area contributed by atoms with E-state index < -0.39 is 11.7 Å². The lowest BCUT2D eigenvalue weighted by atomic mass is 10.1. The van der Waals surface area contributed by atoms with Crippen LogP contribution < -0.4 is 5.32 Å². The number of fused-ring (bicyclic) bond motifs is 1. The molecule has 0 aliphatic heterocycles. The lowest BCUT2D eigenvalue weighted by Gasteiger charge is -2.10. The first-order valence-electron chi connectivity index (χ1n) is 9.48. The molecule has 0 fully saturated rings. The number of amides is 1. The van der Waals surface area contributed by atoms with Crippen LogP contribution in [0.15, 0.2) is 66.9 Å². The number of hydrogen-bond donors (Lipinski definition) is 1. The highest BCUT2D eigenvalue weighted by Crippen LogP contribution is 2.21. The highest BCUT2D eigenvalue weighted by atomic mass is 19.1. The number of halogens is 1. The highest BCUT2D eigenvalue weighted by Gasteiger charge is 2.17. The molecule has 152 valence electrons. The van der Waals surface area contributed by atoms with Crippen LogP contribution in [0.3, 0.4) is 0 Å². The van der Waals surface area contributed by atoms with E-state index in [-0.39, 0.29) is 30.0 Å². The molecule has 0 aliphatic rings. The lowest BCUT2D eigenvalue weighted by Crippen LogP contribution is -2.17. The number of nitriles is 1. The second-order valence-corrected chi connectivity index (χ2v) is 6.77. The Morgan fingerprint density at radius 1 is 1.03 bits per heavy atom. The van der Waals surface area contributed by atoms with Crippen molar-refractivity contribution >= 4 is 28.4 Å². The van der Waals surface area contributed by atoms with Crippen LogP contribution in [-0.4, -0.2) is 26.5 Å². The van der Waals surface area contributed by atoms with E-state index >= 15 is 0 Å². The number of anilines is 1. The van der Waals surface area contributed by atoms with Gasteiger partial charge in [-0.05, 0) is 42.5 Å². The number of benzene rings is 2. The number of para-hydroxylation sites is 1. The van der Waals surface area contributed by atoms with E-state index in [1.807, 2.05) is 36.4 Å². The van der Waals surface area contributed by atoms with Crippen LogP contribution in [0.5, 0.6) is 0 Å². The van der Waals surface area contributed by atoms with E-state index in [2.05, 4.69) is 15.4 Å². The molecule has 1 N–H and O–H groups in total. The van der Waals surface area contributed by atoms with E-state index in [1.54, 1.807) is 6.07 Å². The molecule has 0 unspecified atom stereocenters. The van der Waals surface area contributed by atoms with Gasteiger partial charge in [-0.3, -0.25) is 9.59 Å². The Bertz CT molecular complexity index is 1320. The van der Waals surface area contributed by atoms with Crippen LogP contribution in [0, 0.1) is 17.1 Å². The van der Waals surface area contributed by atoms with E-state index in [0.29, 0.717) is 11.4 Å². The molecule has 0 saturated carbocycles. The molecular formula is C23H16FN5O2. The quantitative estimate of drug-likeness (QED) is 0.481. The second-order valence-electron chi connectivity index (χ2n) is 6.77. The zero-order valence-electron chi connectivity index (χ0n) is 16.2. The predicted octanol–water partition coefficient (Wildman–Crippen LogP) is 4.03. The van der Waals surface area contributed by atoms with E-state index in [9.17, 15) is 19.2 Å². The maximum Gasteiger partial charge on any atom is 0.226 e. The van der Waals surface area contributed by atoms with Gasteiger partial charge in [-0.15, -0.1) is 0 Å². The minimum absolute atomic E-state index is 0.0539. The molecule has 0 spiro atoms. The molecular weight excluding hydrogens is 397 g/mol. The number of Topliss-reactive ketones (excluding diaryl/α,β-unsaturated/α-hetero) is 1. The molecule has 0 saturated heterocycles. The fraction of sp³-hybridized carbons (Fsp3) is 0.0870. The van der Waals surface area contributed by atoms with Crippen molar-refractivity contribution in [2.24, 2.45) is 0 Å². The first kappa shape index (κ1) is 19.9. The second kappa shape index (κ2) is 8.55. The molecule has 0 radical (unpaired) electrons. The first-order chi connectivity index (χ1) is 15.0. The first-order valence-corrected chi connectivity index (χ1v) is 9.48. The maximum atomic E-state index is 13.0. The van der Waals surface area contributed by atoms with Gasteiger partial charge in [0.15, 0.2) is 17.4 Å². The summed E-state index contributed by atoms with van der Waals surface area (Å²) in [4.78, 5) is 29.2. The van der Waals surface area contributed by atoms with Gasteiger partial charge in [-0.1, -0.05) is 18.2 Å². The number of nitrogens with one attached hydrogen (secondary N) is 1. The molecule has 4 aromatic rings. The molecule has 31 heavy (non-hydrogen) atoms. The van der Waals surface area contributed by atoms with Gasteiger partial charge in [0.2, 0.25) is 5.91 Å². The van der Waals surface area contributed by atoms with Crippen molar-refractivity contribution in [2.75, 3.05) is 5.32 Å². The molecule has 2 aromatic heterocycles. The summed E-state index contributed by atoms with van der Waals surface area (Å²) in [6.45, 7) is 0. The lowest BCUT2D eigenvalue weighted by molar-refractivity contribution is -0.116. The smallest absolute Gasteiger partial charge is 0.226 e. The molecule has 0 bridgehead atoms. The molecule has 7 nitrogen and oxygen atoms in total. The SMILES string of the molecule is N#Cc1cnn(-c2ccc3ccccc3n2)c1NC(=O)CCC(=O)c1ccc(F)cc1. The fourth-order valence-corrected chi connectivity index (χ4v) is 3.10. The van der Waals surface area contributed by atoms with Gasteiger partial charge in [0.1, 0.15) is 17.4 Å². The molecule has 1 amide bonds. The maximum absolute atomic E-state index is 13.0. The number of hydrogen-bond acceptors (Lipinski definition) is 5. The number of ketones is 1. The van der Waals surface area contributed by atoms with Crippen LogP contribution in [0.25, 0.3) is 16.7 Å². The number of rotatable bonds is 6. The van der Waals surface area contributed by atoms with Gasteiger partial charge < -0.3 is 5.32 Å². The number of aromatic nitrogens is 3. The monoisotopic (exact) mass is 413 g/mol. The van der Waals surface area contributed by atoms with Crippen LogP contribution >= 0.6 is 0 Å². The van der Waals surface area contributed by atoms with Crippen molar-refractivity contribution in [3.05, 3.63) is 83.8 Å². The number of pyridine rings is 1. The van der Waals surface area contributed by atoms with Crippen molar-refractivity contribution in [2.45, 2.75) is 12.8 Å². The van der Waals surface area contributed by atoms with Crippen LogP contribution in [0.2, 0.25) is 0 Å². The zero-order chi connectivity index (χ0) is 21.8. The third-order valence-electron chi connectivity index (χ3n) is 4.69. The Hall–Kier alpha value is -4.38. The predicted molar refractivity (Wildman–Crippen MR) is 112 cm³/mol. The molecule has 0 aliphatic carbocycles. The molecule has 2 heterocycles. The summed E-state index contributed by atoms with van der Waals surface area (Å²) in [5.41, 5.74) is 1.25.